The van der Waals surface area contributed by atoms with Gasteiger partial charge in [0.25, 0.3) is 0 Å². The summed E-state index contributed by atoms with van der Waals surface area (Å²) in [5.74, 6) is 5.92. The molecule has 0 aromatic rings. The molecular weight excluding hydrogens is 126 g/mol. The molecule has 58 valence electrons. The van der Waals surface area contributed by atoms with Crippen molar-refractivity contribution in [2.24, 2.45) is 0 Å². The molecule has 0 spiro atoms. The summed E-state index contributed by atoms with van der Waals surface area (Å²) < 4.78 is 4.78. The van der Waals surface area contributed by atoms with Gasteiger partial charge in [-0.2, -0.15) is 0 Å². The van der Waals surface area contributed by atoms with Crippen LogP contribution in [-0.4, -0.2) is 26.3 Å². The van der Waals surface area contributed by atoms with E-state index in [0.29, 0.717) is 6.61 Å². The third-order valence-electron chi connectivity index (χ3n) is 1.24. The normalized spacial score (nSPS) is 10.4. The average Bonchev–Trinajstić information content (AvgIpc) is 1.89. The molecule has 0 aliphatic rings. The van der Waals surface area contributed by atoms with Crippen molar-refractivity contribution in [2.75, 3.05) is 20.8 Å². The second-order valence-corrected chi connectivity index (χ2v) is 2.61. The summed E-state index contributed by atoms with van der Waals surface area (Å²) in [5.41, 5.74) is -0.0987. The minimum atomic E-state index is -0.0987. The number of rotatable bonds is 2. The van der Waals surface area contributed by atoms with Crippen molar-refractivity contribution in [3.63, 3.8) is 0 Å². The van der Waals surface area contributed by atoms with Crippen LogP contribution in [0.25, 0.3) is 0 Å². The van der Waals surface area contributed by atoms with Crippen molar-refractivity contribution in [3.05, 3.63) is 0 Å². The minimum absolute atomic E-state index is 0.0987. The third kappa shape index (κ3) is 4.37. The van der Waals surface area contributed by atoms with Crippen LogP contribution in [0.5, 0.6) is 0 Å². The van der Waals surface area contributed by atoms with E-state index in [1.54, 1.807) is 7.11 Å². The summed E-state index contributed by atoms with van der Waals surface area (Å²) >= 11 is 0. The van der Waals surface area contributed by atoms with Crippen LogP contribution in [0.15, 0.2) is 0 Å². The van der Waals surface area contributed by atoms with Crippen LogP contribution >= 0.6 is 0 Å². The molecule has 0 radical (unpaired) electrons. The topological polar surface area (TPSA) is 21.3 Å². The highest BCUT2D eigenvalue weighted by molar-refractivity contribution is 5.13. The van der Waals surface area contributed by atoms with Crippen molar-refractivity contribution >= 4 is 0 Å². The second kappa shape index (κ2) is 4.32. The molecular formula is C8H15NO. The Balaban J connectivity index is 3.77. The average molecular weight is 141 g/mol. The molecule has 0 saturated carbocycles. The molecule has 0 atom stereocenters. The first kappa shape index (κ1) is 9.48. The van der Waals surface area contributed by atoms with E-state index in [0.717, 1.165) is 0 Å². The van der Waals surface area contributed by atoms with E-state index in [-0.39, 0.29) is 5.54 Å². The molecule has 1 N–H and O–H groups in total. The van der Waals surface area contributed by atoms with Gasteiger partial charge < -0.3 is 10.1 Å². The van der Waals surface area contributed by atoms with Gasteiger partial charge in [0.2, 0.25) is 0 Å². The minimum Gasteiger partial charge on any atom is -0.372 e. The molecule has 0 aliphatic carbocycles. The van der Waals surface area contributed by atoms with Crippen LogP contribution in [0.2, 0.25) is 0 Å². The maximum Gasteiger partial charge on any atom is 0.107 e. The zero-order valence-electron chi connectivity index (χ0n) is 7.12. The molecule has 0 aromatic carbocycles. The first-order chi connectivity index (χ1) is 4.62. The van der Waals surface area contributed by atoms with Crippen molar-refractivity contribution in [1.29, 1.82) is 0 Å². The summed E-state index contributed by atoms with van der Waals surface area (Å²) in [4.78, 5) is 0. The van der Waals surface area contributed by atoms with E-state index < -0.39 is 0 Å². The predicted molar refractivity (Wildman–Crippen MR) is 42.8 cm³/mol. The molecule has 2 nitrogen and oxygen atoms in total. The van der Waals surface area contributed by atoms with Gasteiger partial charge in [-0.3, -0.25) is 0 Å². The monoisotopic (exact) mass is 141 g/mol. The van der Waals surface area contributed by atoms with Gasteiger partial charge in [-0.25, -0.2) is 0 Å². The maximum atomic E-state index is 4.78. The molecule has 0 rings (SSSR count). The Kier molecular flexibility index (Phi) is 4.10. The highest BCUT2D eigenvalue weighted by Crippen LogP contribution is 1.95. The highest BCUT2D eigenvalue weighted by Gasteiger charge is 2.07. The number of hydrogen-bond acceptors (Lipinski definition) is 2. The largest absolute Gasteiger partial charge is 0.372 e. The van der Waals surface area contributed by atoms with E-state index in [2.05, 4.69) is 17.2 Å². The van der Waals surface area contributed by atoms with Crippen molar-refractivity contribution < 1.29 is 4.74 Å². The molecule has 0 unspecified atom stereocenters. The van der Waals surface area contributed by atoms with E-state index >= 15 is 0 Å². The smallest absolute Gasteiger partial charge is 0.107 e. The van der Waals surface area contributed by atoms with Crippen LogP contribution in [0.4, 0.5) is 0 Å². The molecule has 0 amide bonds. The zero-order chi connectivity index (χ0) is 8.04. The number of ether oxygens (including phenoxy) is 1. The van der Waals surface area contributed by atoms with Gasteiger partial charge >= 0.3 is 0 Å². The molecule has 0 aliphatic heterocycles. The van der Waals surface area contributed by atoms with Gasteiger partial charge in [-0.15, -0.1) is 0 Å². The first-order valence-electron chi connectivity index (χ1n) is 3.30. The number of methoxy groups -OCH3 is 1. The van der Waals surface area contributed by atoms with E-state index in [1.807, 2.05) is 20.9 Å². The fraction of sp³-hybridized carbons (Fsp3) is 0.750. The van der Waals surface area contributed by atoms with E-state index in [1.165, 1.54) is 0 Å². The lowest BCUT2D eigenvalue weighted by atomic mass is 10.1. The Morgan fingerprint density at radius 2 is 2.10 bits per heavy atom. The van der Waals surface area contributed by atoms with E-state index in [4.69, 9.17) is 4.74 Å². The van der Waals surface area contributed by atoms with Gasteiger partial charge in [-0.1, -0.05) is 11.8 Å². The van der Waals surface area contributed by atoms with Crippen molar-refractivity contribution in [2.45, 2.75) is 19.4 Å². The lowest BCUT2D eigenvalue weighted by Crippen LogP contribution is -2.34. The lowest BCUT2D eigenvalue weighted by Gasteiger charge is -2.15. The summed E-state index contributed by atoms with van der Waals surface area (Å²) in [5, 5.41) is 3.07. The lowest BCUT2D eigenvalue weighted by molar-refractivity contribution is 0.239. The molecule has 0 aromatic heterocycles. The first-order valence-corrected chi connectivity index (χ1v) is 3.30. The van der Waals surface area contributed by atoms with Crippen LogP contribution in [0.3, 0.4) is 0 Å². The fourth-order valence-corrected chi connectivity index (χ4v) is 0.392. The SMILES string of the molecule is CNC(C)(C)C#CCOC. The van der Waals surface area contributed by atoms with Gasteiger partial charge in [0.1, 0.15) is 6.61 Å². The molecule has 0 fully saturated rings. The Bertz CT molecular complexity index is 141. The summed E-state index contributed by atoms with van der Waals surface area (Å²) in [6.45, 7) is 4.55. The summed E-state index contributed by atoms with van der Waals surface area (Å²) in [7, 11) is 3.53. The Labute approximate surface area is 63.0 Å². The maximum absolute atomic E-state index is 4.78. The Hall–Kier alpha value is -0.520. The van der Waals surface area contributed by atoms with Crippen molar-refractivity contribution in [3.8, 4) is 11.8 Å². The van der Waals surface area contributed by atoms with Gasteiger partial charge in [0.05, 0.1) is 5.54 Å². The Morgan fingerprint density at radius 3 is 2.50 bits per heavy atom. The Morgan fingerprint density at radius 1 is 1.50 bits per heavy atom. The molecule has 2 heteroatoms. The van der Waals surface area contributed by atoms with E-state index in [9.17, 15) is 0 Å². The van der Waals surface area contributed by atoms with Crippen molar-refractivity contribution in [1.82, 2.24) is 5.32 Å². The quantitative estimate of drug-likeness (QED) is 0.570. The van der Waals surface area contributed by atoms with Gasteiger partial charge in [0.15, 0.2) is 0 Å². The predicted octanol–water partition coefficient (Wildman–Crippen LogP) is 0.634. The molecule has 0 heterocycles. The molecule has 0 saturated heterocycles. The summed E-state index contributed by atoms with van der Waals surface area (Å²) in [6.07, 6.45) is 0. The van der Waals surface area contributed by atoms with Crippen LogP contribution in [0.1, 0.15) is 13.8 Å². The van der Waals surface area contributed by atoms with Gasteiger partial charge in [0, 0.05) is 7.11 Å². The standard InChI is InChI=1S/C8H15NO/c1-8(2,9-3)6-5-7-10-4/h9H,7H2,1-4H3. The summed E-state index contributed by atoms with van der Waals surface area (Å²) in [6, 6.07) is 0. The fourth-order valence-electron chi connectivity index (χ4n) is 0.392. The van der Waals surface area contributed by atoms with Crippen LogP contribution in [0, 0.1) is 11.8 Å². The third-order valence-corrected chi connectivity index (χ3v) is 1.24. The van der Waals surface area contributed by atoms with Crippen LogP contribution in [-0.2, 0) is 4.74 Å². The number of hydrogen-bond donors (Lipinski definition) is 1. The molecule has 0 bridgehead atoms. The van der Waals surface area contributed by atoms with Crippen LogP contribution < -0.4 is 5.32 Å². The van der Waals surface area contributed by atoms with Gasteiger partial charge in [-0.05, 0) is 20.9 Å². The zero-order valence-corrected chi connectivity index (χ0v) is 7.12. The number of nitrogens with one attached hydrogen (secondary N) is 1. The second-order valence-electron chi connectivity index (χ2n) is 2.61. The molecule has 10 heavy (non-hydrogen) atoms. The highest BCUT2D eigenvalue weighted by atomic mass is 16.5.